The fraction of sp³-hybridized carbons (Fsp3) is 0. The molecule has 0 unspecified atom stereocenters. The number of hydrogen-bond donors (Lipinski definition) is 1. The molecule has 0 bridgehead atoms. The molecule has 0 fully saturated rings. The molecule has 0 aromatic carbocycles. The van der Waals surface area contributed by atoms with Crippen molar-refractivity contribution < 1.29 is 94.6 Å². The van der Waals surface area contributed by atoms with E-state index < -0.39 is 12.3 Å². The van der Waals surface area contributed by atoms with E-state index in [-0.39, 0.29) is 102 Å². The van der Waals surface area contributed by atoms with Crippen LogP contribution in [0, 0.1) is 0 Å². The van der Waals surface area contributed by atoms with Gasteiger partial charge >= 0.3 is 96.9 Å². The predicted octanol–water partition coefficient (Wildman–Crippen LogP) is -10.1. The van der Waals surface area contributed by atoms with E-state index in [1.54, 1.807) is 0 Å². The first-order chi connectivity index (χ1) is 3.46. The van der Waals surface area contributed by atoms with Crippen LogP contribution in [0.2, 0.25) is 0 Å². The van der Waals surface area contributed by atoms with Crippen LogP contribution in [0.1, 0.15) is 0 Å². The molecule has 0 aromatic heterocycles. The summed E-state index contributed by atoms with van der Waals surface area (Å²) in [5.74, 6) is 0. The number of carbonyl (C=O) groups excluding carboxylic acids is 1. The summed E-state index contributed by atoms with van der Waals surface area (Å²) in [6.45, 7) is 0. The van der Waals surface area contributed by atoms with Crippen LogP contribution in [0.15, 0.2) is 0 Å². The van der Waals surface area contributed by atoms with Crippen molar-refractivity contribution in [2.24, 2.45) is 0 Å². The summed E-state index contributed by atoms with van der Waals surface area (Å²) >= 11 is 0. The van der Waals surface area contributed by atoms with Gasteiger partial charge < -0.3 is 35.5 Å². The van der Waals surface area contributed by atoms with E-state index in [2.05, 4.69) is 0 Å². The summed E-state index contributed by atoms with van der Waals surface area (Å²) in [4.78, 5) is 16.8. The number of hydrogen-bond acceptors (Lipinski definition) is 6. The van der Waals surface area contributed by atoms with Crippen molar-refractivity contribution in [2.45, 2.75) is 0 Å². The first-order valence-corrected chi connectivity index (χ1v) is 1.24. The van der Waals surface area contributed by atoms with E-state index in [1.165, 1.54) is 0 Å². The van der Waals surface area contributed by atoms with Crippen molar-refractivity contribution in [1.82, 2.24) is 0 Å². The van der Waals surface area contributed by atoms with Crippen molar-refractivity contribution in [3.63, 3.8) is 0 Å². The van der Waals surface area contributed by atoms with Gasteiger partial charge in [0.2, 0.25) is 6.16 Å². The molecule has 0 spiro atoms. The van der Waals surface area contributed by atoms with Gasteiger partial charge in [-0.15, -0.1) is 0 Å². The molecule has 0 aliphatic rings. The average Bonchev–Trinajstić information content (AvgIpc) is 1.25. The van der Waals surface area contributed by atoms with Crippen molar-refractivity contribution in [3.8, 4) is 0 Å². The maximum Gasteiger partial charge on any atom is 2.00 e. The predicted molar refractivity (Wildman–Crippen MR) is 21.1 cm³/mol. The minimum atomic E-state index is -2.33. The molecule has 0 heterocycles. The maximum atomic E-state index is 8.44. The van der Waals surface area contributed by atoms with Crippen molar-refractivity contribution >= 4 is 50.0 Å². The van der Waals surface area contributed by atoms with Gasteiger partial charge in [-0.2, -0.15) is 0 Å². The Balaban J connectivity index is -0.0000000112. The molecule has 0 radical (unpaired) electrons. The third-order valence-corrected chi connectivity index (χ3v) is 0. The van der Waals surface area contributed by atoms with Gasteiger partial charge in [0.05, 0.1) is 0 Å². The number of carbonyl (C=O) groups is 2. The van der Waals surface area contributed by atoms with Crippen LogP contribution in [0.3, 0.4) is 0 Å². The second kappa shape index (κ2) is 29.3. The Morgan fingerprint density at radius 2 is 1.00 bits per heavy atom. The first kappa shape index (κ1) is 37.2. The van der Waals surface area contributed by atoms with Crippen LogP contribution in [0.25, 0.3) is 0 Å². The third-order valence-electron chi connectivity index (χ3n) is 0. The van der Waals surface area contributed by atoms with E-state index in [9.17, 15) is 0 Å². The van der Waals surface area contributed by atoms with E-state index in [0.29, 0.717) is 0 Å². The molecule has 0 saturated heterocycles. The van der Waals surface area contributed by atoms with Crippen LogP contribution >= 0.6 is 0 Å². The Morgan fingerprint density at radius 1 is 1.00 bits per heavy atom. The summed E-state index contributed by atoms with van der Waals surface area (Å²) in [7, 11) is 0. The fourth-order valence-corrected chi connectivity index (χ4v) is 0. The molecule has 10 heteroatoms. The van der Waals surface area contributed by atoms with E-state index in [0.717, 1.165) is 0 Å². The van der Waals surface area contributed by atoms with E-state index in [1.807, 2.05) is 0 Å². The molecular weight excluding hydrogens is 222 g/mol. The summed E-state index contributed by atoms with van der Waals surface area (Å²) in [6, 6.07) is 0. The number of carboxylic acid groups (broad SMARTS) is 4. The molecule has 56 valence electrons. The van der Waals surface area contributed by atoms with Gasteiger partial charge in [0.25, 0.3) is 0 Å². The average molecular weight is 224 g/mol. The Hall–Kier alpha value is 1.76. The van der Waals surface area contributed by atoms with Crippen molar-refractivity contribution in [2.75, 3.05) is 0 Å². The molecule has 2 N–H and O–H groups in total. The molecule has 0 aliphatic heterocycles. The van der Waals surface area contributed by atoms with E-state index in [4.69, 9.17) is 30.0 Å². The molecule has 0 rings (SSSR count). The zero-order chi connectivity index (χ0) is 7.15. The summed E-state index contributed by atoms with van der Waals surface area (Å²) in [6.07, 6.45) is -4.42. The summed E-state index contributed by atoms with van der Waals surface area (Å²) in [5.41, 5.74) is 0. The van der Waals surface area contributed by atoms with Gasteiger partial charge in [0, 0.05) is 0 Å². The molecule has 0 saturated carbocycles. The molecule has 0 atom stereocenters. The second-order valence-corrected chi connectivity index (χ2v) is 0.516. The Morgan fingerprint density at radius 3 is 1.00 bits per heavy atom. The molecule has 12 heavy (non-hydrogen) atoms. The molecule has 0 aromatic rings. The minimum Gasteiger partial charge on any atom is -0.870 e. The first-order valence-electron chi connectivity index (χ1n) is 1.24. The Labute approximate surface area is 142 Å². The largest absolute Gasteiger partial charge is 2.00 e. The van der Waals surface area contributed by atoms with Gasteiger partial charge in [0.1, 0.15) is 0 Å². The monoisotopic (exact) mass is 224 g/mol. The van der Waals surface area contributed by atoms with Crippen molar-refractivity contribution in [3.05, 3.63) is 0 Å². The summed E-state index contributed by atoms with van der Waals surface area (Å²) in [5, 5.41) is 32.0. The van der Waals surface area contributed by atoms with Crippen LogP contribution in [-0.4, -0.2) is 60.6 Å². The van der Waals surface area contributed by atoms with E-state index >= 15 is 0 Å². The maximum absolute atomic E-state index is 8.44. The second-order valence-electron chi connectivity index (χ2n) is 0.516. The van der Waals surface area contributed by atoms with Crippen LogP contribution in [0.5, 0.6) is 0 Å². The standard InChI is InChI=1S/2CH2O3.Ca.2Na.H2O/c2*2-1(3)4;;;;/h2*(H2,2,3,4);;;;1H2/q;;+2;2*+1;/p-4. The van der Waals surface area contributed by atoms with Gasteiger partial charge in [-0.25, -0.2) is 0 Å². The normalized spacial score (nSPS) is 4.00. The molecule has 0 aliphatic carbocycles. The topological polar surface area (TPSA) is 154 Å². The van der Waals surface area contributed by atoms with Gasteiger partial charge in [-0.3, -0.25) is 0 Å². The quantitative estimate of drug-likeness (QED) is 0.400. The zero-order valence-corrected chi connectivity index (χ0v) is 12.9. The molecule has 0 amide bonds. The van der Waals surface area contributed by atoms with Gasteiger partial charge in [0.15, 0.2) is 0 Å². The number of rotatable bonds is 0. The van der Waals surface area contributed by atoms with Crippen LogP contribution < -0.4 is 74.4 Å². The minimum absolute atomic E-state index is 0. The SMILES string of the molecule is O=C([O-])O.O=C([O-])[O-].[Ca+2].[Na+].[Na+].[OH-]. The Bertz CT molecular complexity index is 77.4. The van der Waals surface area contributed by atoms with Gasteiger partial charge in [-0.1, -0.05) is 0 Å². The molecular formula is C2H2CaNa2O7. The Kier molecular flexibility index (Phi) is 90.9. The smallest absolute Gasteiger partial charge is 0.870 e. The zero-order valence-electron chi connectivity index (χ0n) is 6.64. The third kappa shape index (κ3) is 440. The van der Waals surface area contributed by atoms with Crippen LogP contribution in [0.4, 0.5) is 9.59 Å². The fourth-order valence-electron chi connectivity index (χ4n) is 0. The molecule has 7 nitrogen and oxygen atoms in total. The van der Waals surface area contributed by atoms with Crippen LogP contribution in [-0.2, 0) is 0 Å². The summed E-state index contributed by atoms with van der Waals surface area (Å²) < 4.78 is 0. The van der Waals surface area contributed by atoms with Gasteiger partial charge in [-0.05, 0) is 6.16 Å². The van der Waals surface area contributed by atoms with Crippen molar-refractivity contribution in [1.29, 1.82) is 0 Å².